The SMILES string of the molecule is CC(=O)Nc1ccc(CC(=O)NC2CCC(C)CC2)cc1. The van der Waals surface area contributed by atoms with Gasteiger partial charge in [-0.3, -0.25) is 9.59 Å². The lowest BCUT2D eigenvalue weighted by molar-refractivity contribution is -0.121. The van der Waals surface area contributed by atoms with Crippen molar-refractivity contribution < 1.29 is 9.59 Å². The van der Waals surface area contributed by atoms with Gasteiger partial charge in [0.2, 0.25) is 11.8 Å². The maximum absolute atomic E-state index is 12.0. The maximum Gasteiger partial charge on any atom is 0.224 e. The molecule has 114 valence electrons. The number of hydrogen-bond acceptors (Lipinski definition) is 2. The highest BCUT2D eigenvalue weighted by molar-refractivity contribution is 5.88. The van der Waals surface area contributed by atoms with Crippen LogP contribution >= 0.6 is 0 Å². The molecule has 2 amide bonds. The van der Waals surface area contributed by atoms with Gasteiger partial charge in [-0.15, -0.1) is 0 Å². The van der Waals surface area contributed by atoms with Crippen molar-refractivity contribution in [2.45, 2.75) is 52.0 Å². The van der Waals surface area contributed by atoms with E-state index in [9.17, 15) is 9.59 Å². The summed E-state index contributed by atoms with van der Waals surface area (Å²) < 4.78 is 0. The van der Waals surface area contributed by atoms with E-state index < -0.39 is 0 Å². The average molecular weight is 288 g/mol. The van der Waals surface area contributed by atoms with Gasteiger partial charge in [-0.1, -0.05) is 19.1 Å². The van der Waals surface area contributed by atoms with Gasteiger partial charge in [0.1, 0.15) is 0 Å². The van der Waals surface area contributed by atoms with Gasteiger partial charge < -0.3 is 10.6 Å². The Balaban J connectivity index is 1.80. The largest absolute Gasteiger partial charge is 0.353 e. The minimum absolute atomic E-state index is 0.0850. The Kier molecular flexibility index (Phi) is 5.37. The molecule has 1 aliphatic carbocycles. The molecule has 1 aromatic carbocycles. The van der Waals surface area contributed by atoms with Gasteiger partial charge in [0.25, 0.3) is 0 Å². The molecule has 1 aliphatic rings. The summed E-state index contributed by atoms with van der Waals surface area (Å²) >= 11 is 0. The topological polar surface area (TPSA) is 58.2 Å². The summed E-state index contributed by atoms with van der Waals surface area (Å²) in [6.07, 6.45) is 4.99. The molecule has 21 heavy (non-hydrogen) atoms. The van der Waals surface area contributed by atoms with Crippen LogP contribution < -0.4 is 10.6 Å². The molecule has 0 aromatic heterocycles. The first kappa shape index (κ1) is 15.5. The molecule has 0 aliphatic heterocycles. The normalized spacial score (nSPS) is 21.6. The van der Waals surface area contributed by atoms with Gasteiger partial charge >= 0.3 is 0 Å². The standard InChI is InChI=1S/C17H24N2O2/c1-12-3-7-16(8-4-12)19-17(21)11-14-5-9-15(10-6-14)18-13(2)20/h5-6,9-10,12,16H,3-4,7-8,11H2,1-2H3,(H,18,20)(H,19,21). The Bertz CT molecular complexity index is 488. The van der Waals surface area contributed by atoms with Crippen LogP contribution in [0.15, 0.2) is 24.3 Å². The number of anilines is 1. The summed E-state index contributed by atoms with van der Waals surface area (Å²) in [4.78, 5) is 23.0. The van der Waals surface area contributed by atoms with Gasteiger partial charge in [0, 0.05) is 18.7 Å². The number of rotatable bonds is 4. The fourth-order valence-corrected chi connectivity index (χ4v) is 2.78. The number of amides is 2. The van der Waals surface area contributed by atoms with E-state index in [1.54, 1.807) is 0 Å². The molecule has 0 radical (unpaired) electrons. The molecule has 0 unspecified atom stereocenters. The van der Waals surface area contributed by atoms with Gasteiger partial charge in [-0.05, 0) is 49.3 Å². The molecule has 1 fully saturated rings. The van der Waals surface area contributed by atoms with E-state index in [0.29, 0.717) is 12.5 Å². The van der Waals surface area contributed by atoms with E-state index in [2.05, 4.69) is 17.6 Å². The smallest absolute Gasteiger partial charge is 0.224 e. The summed E-state index contributed by atoms with van der Waals surface area (Å²) in [5.41, 5.74) is 1.72. The monoisotopic (exact) mass is 288 g/mol. The number of carbonyl (C=O) groups is 2. The van der Waals surface area contributed by atoms with Gasteiger partial charge in [-0.2, -0.15) is 0 Å². The highest BCUT2D eigenvalue weighted by atomic mass is 16.2. The Morgan fingerprint density at radius 2 is 1.71 bits per heavy atom. The van der Waals surface area contributed by atoms with Crippen molar-refractivity contribution in [2.24, 2.45) is 5.92 Å². The van der Waals surface area contributed by atoms with Crippen LogP contribution in [0, 0.1) is 5.92 Å². The first-order valence-corrected chi connectivity index (χ1v) is 7.69. The van der Waals surface area contributed by atoms with Crippen LogP contribution in [0.5, 0.6) is 0 Å². The van der Waals surface area contributed by atoms with Crippen LogP contribution in [0.4, 0.5) is 5.69 Å². The van der Waals surface area contributed by atoms with E-state index in [-0.39, 0.29) is 11.8 Å². The predicted octanol–water partition coefficient (Wildman–Crippen LogP) is 2.88. The number of nitrogens with one attached hydrogen (secondary N) is 2. The summed E-state index contributed by atoms with van der Waals surface area (Å²) in [6.45, 7) is 3.75. The number of benzene rings is 1. The summed E-state index contributed by atoms with van der Waals surface area (Å²) in [6, 6.07) is 7.76. The van der Waals surface area contributed by atoms with Crippen LogP contribution in [0.1, 0.15) is 45.1 Å². The molecular formula is C17H24N2O2. The molecule has 0 bridgehead atoms. The molecule has 0 spiro atoms. The molecule has 0 atom stereocenters. The molecule has 2 N–H and O–H groups in total. The van der Waals surface area contributed by atoms with Crippen LogP contribution in [-0.2, 0) is 16.0 Å². The Morgan fingerprint density at radius 1 is 1.10 bits per heavy atom. The number of carbonyl (C=O) groups excluding carboxylic acids is 2. The summed E-state index contributed by atoms with van der Waals surface area (Å²) in [7, 11) is 0. The Morgan fingerprint density at radius 3 is 2.29 bits per heavy atom. The predicted molar refractivity (Wildman–Crippen MR) is 84.0 cm³/mol. The lowest BCUT2D eigenvalue weighted by atomic mass is 9.87. The minimum Gasteiger partial charge on any atom is -0.353 e. The second-order valence-corrected chi connectivity index (χ2v) is 6.08. The fraction of sp³-hybridized carbons (Fsp3) is 0.529. The first-order valence-electron chi connectivity index (χ1n) is 7.69. The van der Waals surface area contributed by atoms with Gasteiger partial charge in [-0.25, -0.2) is 0 Å². The van der Waals surface area contributed by atoms with Gasteiger partial charge in [0.05, 0.1) is 6.42 Å². The van der Waals surface area contributed by atoms with E-state index in [4.69, 9.17) is 0 Å². The molecule has 0 saturated heterocycles. The molecule has 4 nitrogen and oxygen atoms in total. The van der Waals surface area contributed by atoms with E-state index in [1.165, 1.54) is 19.8 Å². The average Bonchev–Trinajstić information content (AvgIpc) is 2.43. The van der Waals surface area contributed by atoms with Crippen molar-refractivity contribution in [1.82, 2.24) is 5.32 Å². The third-order valence-electron chi connectivity index (χ3n) is 4.02. The minimum atomic E-state index is -0.0907. The quantitative estimate of drug-likeness (QED) is 0.895. The van der Waals surface area contributed by atoms with Crippen molar-refractivity contribution in [2.75, 3.05) is 5.32 Å². The van der Waals surface area contributed by atoms with Crippen molar-refractivity contribution >= 4 is 17.5 Å². The molecule has 4 heteroatoms. The maximum atomic E-state index is 12.0. The second-order valence-electron chi connectivity index (χ2n) is 6.08. The zero-order valence-electron chi connectivity index (χ0n) is 12.8. The second kappa shape index (κ2) is 7.25. The number of hydrogen-bond donors (Lipinski definition) is 2. The van der Waals surface area contributed by atoms with Crippen molar-refractivity contribution in [3.05, 3.63) is 29.8 Å². The molecule has 1 saturated carbocycles. The molecule has 1 aromatic rings. The van der Waals surface area contributed by atoms with Crippen molar-refractivity contribution in [3.63, 3.8) is 0 Å². The Labute approximate surface area is 126 Å². The van der Waals surface area contributed by atoms with Crippen LogP contribution in [0.3, 0.4) is 0 Å². The summed E-state index contributed by atoms with van der Waals surface area (Å²) in [5.74, 6) is 0.785. The zero-order valence-corrected chi connectivity index (χ0v) is 12.8. The Hall–Kier alpha value is -1.84. The highest BCUT2D eigenvalue weighted by Crippen LogP contribution is 2.23. The van der Waals surface area contributed by atoms with E-state index in [1.807, 2.05) is 24.3 Å². The fourth-order valence-electron chi connectivity index (χ4n) is 2.78. The van der Waals surface area contributed by atoms with E-state index in [0.717, 1.165) is 30.0 Å². The van der Waals surface area contributed by atoms with E-state index >= 15 is 0 Å². The third kappa shape index (κ3) is 5.21. The highest BCUT2D eigenvalue weighted by Gasteiger charge is 2.19. The van der Waals surface area contributed by atoms with Crippen LogP contribution in [0.25, 0.3) is 0 Å². The van der Waals surface area contributed by atoms with Gasteiger partial charge in [0.15, 0.2) is 0 Å². The first-order chi connectivity index (χ1) is 10.0. The lowest BCUT2D eigenvalue weighted by Gasteiger charge is -2.26. The van der Waals surface area contributed by atoms with Crippen molar-refractivity contribution in [3.8, 4) is 0 Å². The lowest BCUT2D eigenvalue weighted by Crippen LogP contribution is -2.38. The van der Waals surface area contributed by atoms with Crippen LogP contribution in [-0.4, -0.2) is 17.9 Å². The van der Waals surface area contributed by atoms with Crippen LogP contribution in [0.2, 0.25) is 0 Å². The molecular weight excluding hydrogens is 264 g/mol. The third-order valence-corrected chi connectivity index (χ3v) is 4.02. The van der Waals surface area contributed by atoms with Crippen molar-refractivity contribution in [1.29, 1.82) is 0 Å². The summed E-state index contributed by atoms with van der Waals surface area (Å²) in [5, 5.41) is 5.84. The zero-order chi connectivity index (χ0) is 15.2. The molecule has 0 heterocycles. The molecule has 2 rings (SSSR count).